The van der Waals surface area contributed by atoms with Crippen LogP contribution >= 0.6 is 0 Å². The van der Waals surface area contributed by atoms with Crippen molar-refractivity contribution in [3.05, 3.63) is 23.3 Å². The monoisotopic (exact) mass is 280 g/mol. The van der Waals surface area contributed by atoms with Gasteiger partial charge in [-0.1, -0.05) is 17.7 Å². The summed E-state index contributed by atoms with van der Waals surface area (Å²) in [6.07, 6.45) is 6.65. The number of rotatable bonds is 9. The molecular formula is C15H24N2O3. The maximum absolute atomic E-state index is 11.5. The summed E-state index contributed by atoms with van der Waals surface area (Å²) in [4.78, 5) is 11.5. The van der Waals surface area contributed by atoms with Crippen molar-refractivity contribution in [2.45, 2.75) is 52.1 Å². The molecule has 0 saturated heterocycles. The highest BCUT2D eigenvalue weighted by Crippen LogP contribution is 2.31. The molecule has 1 N–H and O–H groups in total. The minimum Gasteiger partial charge on any atom is -0.461 e. The van der Waals surface area contributed by atoms with E-state index in [9.17, 15) is 4.79 Å². The van der Waals surface area contributed by atoms with Gasteiger partial charge in [-0.05, 0) is 39.2 Å². The summed E-state index contributed by atoms with van der Waals surface area (Å²) in [7, 11) is 0. The van der Waals surface area contributed by atoms with Crippen LogP contribution in [0.5, 0.6) is 0 Å². The van der Waals surface area contributed by atoms with E-state index >= 15 is 0 Å². The molecule has 0 radical (unpaired) electrons. The maximum Gasteiger partial charge on any atom is 0.306 e. The second-order valence-electron chi connectivity index (χ2n) is 5.40. The third kappa shape index (κ3) is 7.19. The minimum absolute atomic E-state index is 0.0869. The Morgan fingerprint density at radius 2 is 1.90 bits per heavy atom. The first-order chi connectivity index (χ1) is 9.45. The highest BCUT2D eigenvalue weighted by Gasteiger charge is 2.34. The molecule has 0 saturated carbocycles. The lowest BCUT2D eigenvalue weighted by molar-refractivity contribution is -0.142. The standard InChI is InChI=1S/C15H24N2O3/c1-12(8-10-18)5-4-6-13(2)11-20-14(19)7-9-15(3)16-17-15/h6,8,18H,4-5,7,9-11H2,1-3H3/b12-8+,13-6+. The number of aliphatic hydroxyl groups is 1. The van der Waals surface area contributed by atoms with Crippen LogP contribution in [-0.2, 0) is 9.53 Å². The predicted octanol–water partition coefficient (Wildman–Crippen LogP) is 3.16. The Kier molecular flexibility index (Phi) is 6.58. The second-order valence-corrected chi connectivity index (χ2v) is 5.40. The fourth-order valence-corrected chi connectivity index (χ4v) is 1.65. The third-order valence-electron chi connectivity index (χ3n) is 3.18. The Hall–Kier alpha value is -1.49. The number of aliphatic hydroxyl groups excluding tert-OH is 1. The van der Waals surface area contributed by atoms with Crippen molar-refractivity contribution in [2.24, 2.45) is 10.2 Å². The van der Waals surface area contributed by atoms with Gasteiger partial charge in [0.2, 0.25) is 0 Å². The van der Waals surface area contributed by atoms with Gasteiger partial charge in [0.1, 0.15) is 6.61 Å². The van der Waals surface area contributed by atoms with Crippen LogP contribution in [0.2, 0.25) is 0 Å². The van der Waals surface area contributed by atoms with Crippen LogP contribution in [0, 0.1) is 0 Å². The van der Waals surface area contributed by atoms with Gasteiger partial charge in [-0.15, -0.1) is 0 Å². The van der Waals surface area contributed by atoms with E-state index < -0.39 is 0 Å². The van der Waals surface area contributed by atoms with Crippen LogP contribution < -0.4 is 0 Å². The number of allylic oxidation sites excluding steroid dienone is 2. The summed E-state index contributed by atoms with van der Waals surface area (Å²) >= 11 is 0. The largest absolute Gasteiger partial charge is 0.461 e. The number of nitrogens with zero attached hydrogens (tertiary/aromatic N) is 2. The van der Waals surface area contributed by atoms with Crippen LogP contribution in [0.1, 0.15) is 46.5 Å². The molecule has 0 bridgehead atoms. The average Bonchev–Trinajstić information content (AvgIpc) is 3.13. The summed E-state index contributed by atoms with van der Waals surface area (Å²) in [5.74, 6) is -0.201. The summed E-state index contributed by atoms with van der Waals surface area (Å²) in [5.41, 5.74) is 1.88. The van der Waals surface area contributed by atoms with Crippen LogP contribution in [0.4, 0.5) is 0 Å². The van der Waals surface area contributed by atoms with Crippen molar-refractivity contribution in [3.8, 4) is 0 Å². The molecule has 0 aliphatic carbocycles. The van der Waals surface area contributed by atoms with Gasteiger partial charge in [-0.25, -0.2) is 0 Å². The molecule has 0 fully saturated rings. The third-order valence-corrected chi connectivity index (χ3v) is 3.18. The Labute approximate surface area is 120 Å². The van der Waals surface area contributed by atoms with Gasteiger partial charge < -0.3 is 9.84 Å². The molecule has 5 heteroatoms. The lowest BCUT2D eigenvalue weighted by Gasteiger charge is -2.06. The first-order valence-corrected chi connectivity index (χ1v) is 6.97. The molecule has 112 valence electrons. The van der Waals surface area contributed by atoms with Crippen LogP contribution in [-0.4, -0.2) is 30.0 Å². The molecule has 20 heavy (non-hydrogen) atoms. The smallest absolute Gasteiger partial charge is 0.306 e. The summed E-state index contributed by atoms with van der Waals surface area (Å²) in [5, 5.41) is 16.5. The fourth-order valence-electron chi connectivity index (χ4n) is 1.65. The van der Waals surface area contributed by atoms with E-state index in [0.717, 1.165) is 18.4 Å². The van der Waals surface area contributed by atoms with Gasteiger partial charge in [-0.2, -0.15) is 10.2 Å². The van der Waals surface area contributed by atoms with E-state index in [4.69, 9.17) is 9.84 Å². The zero-order valence-electron chi connectivity index (χ0n) is 12.6. The van der Waals surface area contributed by atoms with Crippen molar-refractivity contribution in [3.63, 3.8) is 0 Å². The Morgan fingerprint density at radius 1 is 1.20 bits per heavy atom. The van der Waals surface area contributed by atoms with Crippen molar-refractivity contribution < 1.29 is 14.6 Å². The molecule has 1 aliphatic heterocycles. The van der Waals surface area contributed by atoms with Crippen molar-refractivity contribution in [1.82, 2.24) is 0 Å². The zero-order valence-corrected chi connectivity index (χ0v) is 12.6. The average molecular weight is 280 g/mol. The van der Waals surface area contributed by atoms with Gasteiger partial charge in [0.05, 0.1) is 6.61 Å². The van der Waals surface area contributed by atoms with Crippen molar-refractivity contribution >= 4 is 5.97 Å². The van der Waals surface area contributed by atoms with Gasteiger partial charge in [0, 0.05) is 12.8 Å². The van der Waals surface area contributed by atoms with E-state index in [1.165, 1.54) is 5.57 Å². The highest BCUT2D eigenvalue weighted by molar-refractivity contribution is 5.69. The molecule has 1 aliphatic rings. The van der Waals surface area contributed by atoms with Gasteiger partial charge >= 0.3 is 5.97 Å². The summed E-state index contributed by atoms with van der Waals surface area (Å²) < 4.78 is 5.19. The van der Waals surface area contributed by atoms with E-state index in [2.05, 4.69) is 16.3 Å². The normalized spacial score (nSPS) is 17.2. The Balaban J connectivity index is 2.13. The predicted molar refractivity (Wildman–Crippen MR) is 77.3 cm³/mol. The molecule has 0 aromatic carbocycles. The molecule has 0 amide bonds. The van der Waals surface area contributed by atoms with E-state index in [1.54, 1.807) is 6.08 Å². The van der Waals surface area contributed by atoms with Gasteiger partial charge in [0.15, 0.2) is 5.66 Å². The van der Waals surface area contributed by atoms with Gasteiger partial charge in [-0.3, -0.25) is 4.79 Å². The summed E-state index contributed by atoms with van der Waals surface area (Å²) in [6, 6.07) is 0. The van der Waals surface area contributed by atoms with E-state index in [-0.39, 0.29) is 18.2 Å². The Morgan fingerprint density at radius 3 is 2.50 bits per heavy atom. The summed E-state index contributed by atoms with van der Waals surface area (Å²) in [6.45, 7) is 6.27. The number of hydrogen-bond donors (Lipinski definition) is 1. The molecule has 0 aromatic heterocycles. The number of carbonyl (C=O) groups is 1. The molecule has 0 atom stereocenters. The first-order valence-electron chi connectivity index (χ1n) is 6.97. The minimum atomic E-state index is -0.333. The topological polar surface area (TPSA) is 71.2 Å². The first kappa shape index (κ1) is 16.6. The maximum atomic E-state index is 11.5. The lowest BCUT2D eigenvalue weighted by atomic mass is 10.1. The van der Waals surface area contributed by atoms with E-state index in [1.807, 2.05) is 20.8 Å². The molecule has 0 spiro atoms. The van der Waals surface area contributed by atoms with E-state index in [0.29, 0.717) is 19.4 Å². The lowest BCUT2D eigenvalue weighted by Crippen LogP contribution is -2.11. The molecule has 5 nitrogen and oxygen atoms in total. The highest BCUT2D eigenvalue weighted by atomic mass is 16.5. The molecule has 1 rings (SSSR count). The number of esters is 1. The van der Waals surface area contributed by atoms with Gasteiger partial charge in [0.25, 0.3) is 0 Å². The van der Waals surface area contributed by atoms with Crippen molar-refractivity contribution in [2.75, 3.05) is 13.2 Å². The van der Waals surface area contributed by atoms with Crippen LogP contribution in [0.3, 0.4) is 0 Å². The zero-order chi connectivity index (χ0) is 15.0. The quantitative estimate of drug-likeness (QED) is 0.521. The molecular weight excluding hydrogens is 256 g/mol. The molecule has 0 unspecified atom stereocenters. The molecule has 0 aromatic rings. The Bertz CT molecular complexity index is 419. The van der Waals surface area contributed by atoms with Crippen LogP contribution in [0.15, 0.2) is 33.5 Å². The number of ether oxygens (including phenoxy) is 1. The van der Waals surface area contributed by atoms with Crippen molar-refractivity contribution in [1.29, 1.82) is 0 Å². The fraction of sp³-hybridized carbons (Fsp3) is 0.667. The SMILES string of the molecule is C/C(=C\CO)CC/C=C(\C)COC(=O)CCC1(C)N=N1. The molecule has 1 heterocycles. The number of hydrogen-bond acceptors (Lipinski definition) is 5. The van der Waals surface area contributed by atoms with Crippen LogP contribution in [0.25, 0.3) is 0 Å². The number of carbonyl (C=O) groups excluding carboxylic acids is 1. The second kappa shape index (κ2) is 7.94.